The Labute approximate surface area is 216 Å². The molecule has 2 saturated heterocycles. The predicted molar refractivity (Wildman–Crippen MR) is 142 cm³/mol. The molecule has 11 nitrogen and oxygen atoms in total. The molecule has 198 valence electrons. The van der Waals surface area contributed by atoms with Crippen LogP contribution in [0.4, 0.5) is 11.8 Å². The number of methoxy groups -OCH3 is 1. The van der Waals surface area contributed by atoms with Crippen LogP contribution in [-0.4, -0.2) is 92.5 Å². The van der Waals surface area contributed by atoms with Crippen LogP contribution in [0.1, 0.15) is 48.5 Å². The number of amides is 1. The number of anilines is 2. The zero-order valence-corrected chi connectivity index (χ0v) is 21.7. The smallest absolute Gasteiger partial charge is 0.254 e. The number of fused-ring (bicyclic) bond motifs is 3. The second-order valence-corrected chi connectivity index (χ2v) is 10.1. The standard InChI is InChI=1S/C26H36N8O3/c1-4-5-18(8-9-35)29-24-23-21(30-26(27)31-24)12-28-34(23)13-17-7-6-16(10-22(17)37-3)25(36)33-15-19-11-20(33)14-32(19)2/h6-7,10,12,18-20,35H,4-5,8-9,11,13-15H2,1-3H3,(H3,27,29,30,31)/t18?,19-,20?/m1/s1. The van der Waals surface area contributed by atoms with Gasteiger partial charge >= 0.3 is 0 Å². The van der Waals surface area contributed by atoms with Gasteiger partial charge in [0.15, 0.2) is 5.82 Å². The average molecular weight is 509 g/mol. The maximum absolute atomic E-state index is 13.3. The topological polar surface area (TPSA) is 135 Å². The van der Waals surface area contributed by atoms with Crippen LogP contribution in [0.25, 0.3) is 11.0 Å². The van der Waals surface area contributed by atoms with Crippen molar-refractivity contribution in [1.29, 1.82) is 0 Å². The summed E-state index contributed by atoms with van der Waals surface area (Å²) in [4.78, 5) is 26.4. The van der Waals surface area contributed by atoms with Gasteiger partial charge in [-0.1, -0.05) is 19.4 Å². The molecule has 3 aromatic rings. The van der Waals surface area contributed by atoms with Crippen LogP contribution in [0.15, 0.2) is 24.4 Å². The molecule has 2 bridgehead atoms. The van der Waals surface area contributed by atoms with Gasteiger partial charge in [0, 0.05) is 48.9 Å². The summed E-state index contributed by atoms with van der Waals surface area (Å²) in [6.45, 7) is 4.29. The number of nitrogens with one attached hydrogen (secondary N) is 1. The van der Waals surface area contributed by atoms with Gasteiger partial charge in [-0.25, -0.2) is 4.98 Å². The number of aliphatic hydroxyl groups excluding tert-OH is 1. The number of aliphatic hydroxyl groups is 1. The largest absolute Gasteiger partial charge is 0.496 e. The first-order valence-electron chi connectivity index (χ1n) is 13.0. The zero-order chi connectivity index (χ0) is 26.1. The summed E-state index contributed by atoms with van der Waals surface area (Å²) in [5, 5.41) is 17.5. The number of piperazine rings is 1. The second kappa shape index (κ2) is 10.5. The molecule has 1 amide bonds. The van der Waals surface area contributed by atoms with E-state index in [1.165, 1.54) is 0 Å². The SMILES string of the molecule is CCCC(CCO)Nc1nc(N)nc2cnn(Cc3ccc(C(=O)N4C[C@H]5CC4CN5C)cc3OC)c12. The molecule has 2 aliphatic heterocycles. The summed E-state index contributed by atoms with van der Waals surface area (Å²) in [6, 6.07) is 6.41. The number of nitrogens with zero attached hydrogens (tertiary/aromatic N) is 6. The van der Waals surface area contributed by atoms with E-state index in [1.54, 1.807) is 13.3 Å². The summed E-state index contributed by atoms with van der Waals surface area (Å²) in [6.07, 6.45) is 5.18. The molecule has 2 aromatic heterocycles. The van der Waals surface area contributed by atoms with Crippen LogP contribution in [0.5, 0.6) is 5.75 Å². The van der Waals surface area contributed by atoms with E-state index in [-0.39, 0.29) is 30.5 Å². The molecule has 4 N–H and O–H groups in total. The van der Waals surface area contributed by atoms with Gasteiger partial charge in [-0.05, 0) is 38.4 Å². The number of aromatic nitrogens is 4. The van der Waals surface area contributed by atoms with Crippen LogP contribution in [0.2, 0.25) is 0 Å². The fourth-order valence-electron chi connectivity index (χ4n) is 5.67. The number of nitrogens with two attached hydrogens (primary N) is 1. The molecule has 3 atom stereocenters. The maximum atomic E-state index is 13.3. The van der Waals surface area contributed by atoms with Crippen molar-refractivity contribution in [2.45, 2.75) is 57.3 Å². The predicted octanol–water partition coefficient (Wildman–Crippen LogP) is 1.96. The molecule has 11 heteroatoms. The van der Waals surface area contributed by atoms with Crippen molar-refractivity contribution >= 4 is 28.7 Å². The lowest BCUT2D eigenvalue weighted by atomic mass is 10.1. The highest BCUT2D eigenvalue weighted by atomic mass is 16.5. The van der Waals surface area contributed by atoms with Crippen LogP contribution in [0.3, 0.4) is 0 Å². The van der Waals surface area contributed by atoms with Crippen LogP contribution < -0.4 is 15.8 Å². The van der Waals surface area contributed by atoms with E-state index in [1.807, 2.05) is 27.8 Å². The Balaban J connectivity index is 1.41. The minimum absolute atomic E-state index is 0.0520. The fourth-order valence-corrected chi connectivity index (χ4v) is 5.67. The van der Waals surface area contributed by atoms with Crippen molar-refractivity contribution in [3.8, 4) is 5.75 Å². The van der Waals surface area contributed by atoms with E-state index < -0.39 is 0 Å². The van der Waals surface area contributed by atoms with Gasteiger partial charge in [-0.15, -0.1) is 0 Å². The Morgan fingerprint density at radius 3 is 2.78 bits per heavy atom. The number of hydrogen-bond donors (Lipinski definition) is 3. The summed E-state index contributed by atoms with van der Waals surface area (Å²) < 4.78 is 7.51. The highest BCUT2D eigenvalue weighted by Gasteiger charge is 2.43. The number of ether oxygens (including phenoxy) is 1. The summed E-state index contributed by atoms with van der Waals surface area (Å²) in [5.74, 6) is 1.44. The first kappa shape index (κ1) is 25.2. The van der Waals surface area contributed by atoms with Gasteiger partial charge in [0.05, 0.1) is 19.9 Å². The number of hydrogen-bond acceptors (Lipinski definition) is 9. The first-order chi connectivity index (χ1) is 17.9. The molecule has 0 saturated carbocycles. The monoisotopic (exact) mass is 508 g/mol. The highest BCUT2D eigenvalue weighted by molar-refractivity contribution is 5.95. The lowest BCUT2D eigenvalue weighted by Gasteiger charge is -2.32. The lowest BCUT2D eigenvalue weighted by molar-refractivity contribution is 0.0650. The molecule has 2 fully saturated rings. The van der Waals surface area contributed by atoms with E-state index in [4.69, 9.17) is 10.5 Å². The highest BCUT2D eigenvalue weighted by Crippen LogP contribution is 2.32. The molecule has 0 aliphatic carbocycles. The van der Waals surface area contributed by atoms with Crippen molar-refractivity contribution in [1.82, 2.24) is 29.5 Å². The summed E-state index contributed by atoms with van der Waals surface area (Å²) in [5.41, 5.74) is 8.85. The van der Waals surface area contributed by atoms with Crippen LogP contribution in [0, 0.1) is 0 Å². The van der Waals surface area contributed by atoms with Gasteiger partial charge in [0.25, 0.3) is 5.91 Å². The number of nitrogen functional groups attached to an aromatic ring is 1. The summed E-state index contributed by atoms with van der Waals surface area (Å²) in [7, 11) is 3.74. The first-order valence-corrected chi connectivity index (χ1v) is 13.0. The van der Waals surface area contributed by atoms with Crippen molar-refractivity contribution in [2.24, 2.45) is 0 Å². The third-order valence-corrected chi connectivity index (χ3v) is 7.59. The van der Waals surface area contributed by atoms with Crippen LogP contribution >= 0.6 is 0 Å². The Kier molecular flexibility index (Phi) is 7.16. The third-order valence-electron chi connectivity index (χ3n) is 7.59. The molecule has 0 radical (unpaired) electrons. The van der Waals surface area contributed by atoms with Crippen molar-refractivity contribution in [2.75, 3.05) is 44.9 Å². The van der Waals surface area contributed by atoms with Gasteiger partial charge < -0.3 is 25.8 Å². The Morgan fingerprint density at radius 1 is 1.27 bits per heavy atom. The lowest BCUT2D eigenvalue weighted by Crippen LogP contribution is -2.47. The van der Waals surface area contributed by atoms with E-state index in [0.29, 0.717) is 41.7 Å². The van der Waals surface area contributed by atoms with E-state index in [9.17, 15) is 9.90 Å². The van der Waals surface area contributed by atoms with E-state index in [0.717, 1.165) is 43.4 Å². The van der Waals surface area contributed by atoms with Crippen molar-refractivity contribution < 1.29 is 14.6 Å². The second-order valence-electron chi connectivity index (χ2n) is 10.1. The van der Waals surface area contributed by atoms with Crippen LogP contribution in [-0.2, 0) is 6.54 Å². The molecule has 5 rings (SSSR count). The van der Waals surface area contributed by atoms with Gasteiger partial charge in [0.1, 0.15) is 16.8 Å². The van der Waals surface area contributed by atoms with Crippen molar-refractivity contribution in [3.63, 3.8) is 0 Å². The van der Waals surface area contributed by atoms with Gasteiger partial charge in [-0.3, -0.25) is 14.4 Å². The molecular formula is C26H36N8O3. The molecule has 37 heavy (non-hydrogen) atoms. The fraction of sp³-hybridized carbons (Fsp3) is 0.538. The average Bonchev–Trinajstić information content (AvgIpc) is 3.58. The quantitative estimate of drug-likeness (QED) is 0.376. The maximum Gasteiger partial charge on any atom is 0.254 e. The normalized spacial score (nSPS) is 20.1. The molecule has 4 heterocycles. The minimum Gasteiger partial charge on any atom is -0.496 e. The molecule has 1 aromatic carbocycles. The molecule has 2 unspecified atom stereocenters. The zero-order valence-electron chi connectivity index (χ0n) is 21.7. The number of carbonyl (C=O) groups is 1. The van der Waals surface area contributed by atoms with E-state index >= 15 is 0 Å². The number of likely N-dealkylation sites (tertiary alicyclic amines) is 2. The van der Waals surface area contributed by atoms with Gasteiger partial charge in [-0.2, -0.15) is 10.1 Å². The Hall–Kier alpha value is -3.44. The number of carbonyl (C=O) groups excluding carboxylic acids is 1. The summed E-state index contributed by atoms with van der Waals surface area (Å²) >= 11 is 0. The molecule has 2 aliphatic rings. The van der Waals surface area contributed by atoms with E-state index in [2.05, 4.69) is 39.3 Å². The van der Waals surface area contributed by atoms with Gasteiger partial charge in [0.2, 0.25) is 5.95 Å². The molecule has 0 spiro atoms. The number of benzene rings is 1. The Morgan fingerprint density at radius 2 is 2.11 bits per heavy atom. The molecular weight excluding hydrogens is 472 g/mol. The number of likely N-dealkylation sites (N-methyl/N-ethyl adjacent to an activating group) is 1. The number of rotatable bonds is 10. The minimum atomic E-state index is 0.0520. The third kappa shape index (κ3) is 4.93. The van der Waals surface area contributed by atoms with Crippen molar-refractivity contribution in [3.05, 3.63) is 35.5 Å². The Bertz CT molecular complexity index is 1270.